The number of amides is 2. The largest absolute Gasteiger partial charge is 0.494 e. The van der Waals surface area contributed by atoms with Gasteiger partial charge in [-0.2, -0.15) is 0 Å². The van der Waals surface area contributed by atoms with E-state index in [2.05, 4.69) is 10.6 Å². The van der Waals surface area contributed by atoms with Crippen molar-refractivity contribution in [1.29, 1.82) is 0 Å². The van der Waals surface area contributed by atoms with Crippen molar-refractivity contribution in [2.45, 2.75) is 13.5 Å². The van der Waals surface area contributed by atoms with Gasteiger partial charge in [0.05, 0.1) is 24.9 Å². The first-order valence-electron chi connectivity index (χ1n) is 10.3. The molecule has 6 nitrogen and oxygen atoms in total. The Kier molecular flexibility index (Phi) is 7.79. The van der Waals surface area contributed by atoms with Crippen LogP contribution in [0.4, 0.5) is 11.4 Å². The van der Waals surface area contributed by atoms with Crippen molar-refractivity contribution in [2.24, 2.45) is 0 Å². The lowest BCUT2D eigenvalue weighted by Gasteiger charge is -2.15. The molecule has 0 aliphatic rings. The van der Waals surface area contributed by atoms with Crippen LogP contribution in [-0.2, 0) is 11.3 Å². The molecule has 0 aliphatic heterocycles. The van der Waals surface area contributed by atoms with Crippen LogP contribution in [0.2, 0.25) is 0 Å². The standard InChI is InChI=1S/C25H27N3O3/c1-3-31-21-15-13-20(14-16-21)26-25(30)22-11-7-8-12-23(22)27-24(29)18-28(2)17-19-9-5-4-6-10-19/h4-16H,3,17-18H2,1-2H3,(H,26,30)(H,27,29)/p+1. The van der Waals surface area contributed by atoms with Gasteiger partial charge < -0.3 is 20.3 Å². The number of hydrogen-bond donors (Lipinski definition) is 3. The van der Waals surface area contributed by atoms with E-state index < -0.39 is 0 Å². The second-order valence-electron chi connectivity index (χ2n) is 7.30. The number of ether oxygens (including phenoxy) is 1. The summed E-state index contributed by atoms with van der Waals surface area (Å²) in [5.41, 5.74) is 2.72. The third-order valence-electron chi connectivity index (χ3n) is 4.68. The first-order chi connectivity index (χ1) is 15.0. The molecule has 0 aromatic heterocycles. The Balaban J connectivity index is 1.61. The van der Waals surface area contributed by atoms with Crippen molar-refractivity contribution in [2.75, 3.05) is 30.8 Å². The number of para-hydroxylation sites is 1. The van der Waals surface area contributed by atoms with Crippen molar-refractivity contribution in [3.63, 3.8) is 0 Å². The van der Waals surface area contributed by atoms with Crippen molar-refractivity contribution in [3.05, 3.63) is 90.0 Å². The zero-order valence-corrected chi connectivity index (χ0v) is 17.9. The molecule has 0 spiro atoms. The van der Waals surface area contributed by atoms with Crippen LogP contribution < -0.4 is 20.3 Å². The highest BCUT2D eigenvalue weighted by molar-refractivity contribution is 6.10. The van der Waals surface area contributed by atoms with Gasteiger partial charge in [0.1, 0.15) is 12.3 Å². The van der Waals surface area contributed by atoms with E-state index in [1.165, 1.54) is 5.56 Å². The molecule has 3 rings (SSSR count). The fourth-order valence-electron chi connectivity index (χ4n) is 3.27. The van der Waals surface area contributed by atoms with Crippen LogP contribution in [0.1, 0.15) is 22.8 Å². The second-order valence-corrected chi connectivity index (χ2v) is 7.30. The number of nitrogens with one attached hydrogen (secondary N) is 3. The minimum atomic E-state index is -0.287. The van der Waals surface area contributed by atoms with E-state index in [-0.39, 0.29) is 11.8 Å². The molecule has 3 N–H and O–H groups in total. The van der Waals surface area contributed by atoms with Crippen molar-refractivity contribution in [1.82, 2.24) is 0 Å². The summed E-state index contributed by atoms with van der Waals surface area (Å²) >= 11 is 0. The van der Waals surface area contributed by atoms with Crippen LogP contribution in [0.3, 0.4) is 0 Å². The molecular formula is C25H28N3O3+. The summed E-state index contributed by atoms with van der Waals surface area (Å²) in [6.45, 7) is 3.54. The molecule has 160 valence electrons. The maximum Gasteiger partial charge on any atom is 0.279 e. The summed E-state index contributed by atoms with van der Waals surface area (Å²) in [6.07, 6.45) is 0. The van der Waals surface area contributed by atoms with Crippen molar-refractivity contribution < 1.29 is 19.2 Å². The SMILES string of the molecule is CCOc1ccc(NC(=O)c2ccccc2NC(=O)C[NH+](C)Cc2ccccc2)cc1. The maximum absolute atomic E-state index is 12.8. The normalized spacial score (nSPS) is 11.4. The molecule has 1 atom stereocenters. The lowest BCUT2D eigenvalue weighted by atomic mass is 10.1. The fraction of sp³-hybridized carbons (Fsp3) is 0.200. The zero-order valence-electron chi connectivity index (χ0n) is 17.9. The molecule has 0 heterocycles. The fourth-order valence-corrected chi connectivity index (χ4v) is 3.27. The van der Waals surface area contributed by atoms with Gasteiger partial charge in [0.2, 0.25) is 0 Å². The van der Waals surface area contributed by atoms with Crippen molar-refractivity contribution >= 4 is 23.2 Å². The number of carbonyl (C=O) groups excluding carboxylic acids is 2. The Morgan fingerprint density at radius 3 is 2.26 bits per heavy atom. The summed E-state index contributed by atoms with van der Waals surface area (Å²) in [5, 5.41) is 5.74. The van der Waals surface area contributed by atoms with Gasteiger partial charge in [0, 0.05) is 11.3 Å². The van der Waals surface area contributed by atoms with Crippen LogP contribution in [-0.4, -0.2) is 32.0 Å². The number of anilines is 2. The highest BCUT2D eigenvalue weighted by Gasteiger charge is 2.16. The smallest absolute Gasteiger partial charge is 0.279 e. The Hall–Kier alpha value is -3.64. The molecule has 6 heteroatoms. The molecule has 31 heavy (non-hydrogen) atoms. The first-order valence-corrected chi connectivity index (χ1v) is 10.3. The van der Waals surface area contributed by atoms with Crippen LogP contribution in [0.25, 0.3) is 0 Å². The molecule has 0 fully saturated rings. The van der Waals surface area contributed by atoms with Gasteiger partial charge in [0.15, 0.2) is 6.54 Å². The minimum absolute atomic E-state index is 0.144. The van der Waals surface area contributed by atoms with E-state index in [0.29, 0.717) is 30.1 Å². The molecule has 0 aliphatic carbocycles. The summed E-state index contributed by atoms with van der Waals surface area (Å²) in [7, 11) is 1.97. The lowest BCUT2D eigenvalue weighted by molar-refractivity contribution is -0.885. The Morgan fingerprint density at radius 1 is 0.871 bits per heavy atom. The van der Waals surface area contributed by atoms with E-state index >= 15 is 0 Å². The van der Waals surface area contributed by atoms with E-state index in [1.807, 2.05) is 44.3 Å². The molecule has 0 bridgehead atoms. The Labute approximate surface area is 182 Å². The van der Waals surface area contributed by atoms with Crippen LogP contribution in [0, 0.1) is 0 Å². The highest BCUT2D eigenvalue weighted by atomic mass is 16.5. The first kappa shape index (κ1) is 22.1. The summed E-state index contributed by atoms with van der Waals surface area (Å²) in [5.74, 6) is 0.315. The molecule has 0 radical (unpaired) electrons. The van der Waals surface area contributed by atoms with Gasteiger partial charge in [-0.3, -0.25) is 9.59 Å². The van der Waals surface area contributed by atoms with Gasteiger partial charge in [-0.1, -0.05) is 42.5 Å². The monoisotopic (exact) mass is 418 g/mol. The summed E-state index contributed by atoms with van der Waals surface area (Å²) < 4.78 is 5.42. The van der Waals surface area contributed by atoms with Gasteiger partial charge >= 0.3 is 0 Å². The predicted molar refractivity (Wildman–Crippen MR) is 123 cm³/mol. The molecule has 3 aromatic carbocycles. The van der Waals surface area contributed by atoms with E-state index in [4.69, 9.17) is 4.74 Å². The number of quaternary nitrogens is 1. The average molecular weight is 419 g/mol. The van der Waals surface area contributed by atoms with Gasteiger partial charge in [-0.05, 0) is 43.3 Å². The highest BCUT2D eigenvalue weighted by Crippen LogP contribution is 2.19. The van der Waals surface area contributed by atoms with E-state index in [1.54, 1.807) is 48.5 Å². The number of benzene rings is 3. The number of likely N-dealkylation sites (N-methyl/N-ethyl adjacent to an activating group) is 1. The zero-order chi connectivity index (χ0) is 22.1. The topological polar surface area (TPSA) is 71.9 Å². The third kappa shape index (κ3) is 6.69. The Morgan fingerprint density at radius 2 is 1.55 bits per heavy atom. The van der Waals surface area contributed by atoms with Crippen LogP contribution >= 0.6 is 0 Å². The summed E-state index contributed by atoms with van der Waals surface area (Å²) in [6, 6.07) is 24.2. The molecule has 0 saturated heterocycles. The molecular weight excluding hydrogens is 390 g/mol. The number of carbonyl (C=O) groups is 2. The third-order valence-corrected chi connectivity index (χ3v) is 4.68. The second kappa shape index (κ2) is 10.9. The van der Waals surface area contributed by atoms with Crippen LogP contribution in [0.5, 0.6) is 5.75 Å². The number of hydrogen-bond acceptors (Lipinski definition) is 3. The van der Waals surface area contributed by atoms with Gasteiger partial charge in [-0.25, -0.2) is 0 Å². The predicted octanol–water partition coefficient (Wildman–Crippen LogP) is 2.99. The lowest BCUT2D eigenvalue weighted by Crippen LogP contribution is -3.08. The Bertz CT molecular complexity index is 1000. The van der Waals surface area contributed by atoms with Gasteiger partial charge in [-0.15, -0.1) is 0 Å². The van der Waals surface area contributed by atoms with Crippen molar-refractivity contribution in [3.8, 4) is 5.75 Å². The minimum Gasteiger partial charge on any atom is -0.494 e. The molecule has 0 saturated carbocycles. The van der Waals surface area contributed by atoms with E-state index in [0.717, 1.165) is 17.2 Å². The molecule has 3 aromatic rings. The number of rotatable bonds is 9. The summed E-state index contributed by atoms with van der Waals surface area (Å²) in [4.78, 5) is 26.4. The van der Waals surface area contributed by atoms with E-state index in [9.17, 15) is 9.59 Å². The van der Waals surface area contributed by atoms with Gasteiger partial charge in [0.25, 0.3) is 11.8 Å². The van der Waals surface area contributed by atoms with Crippen LogP contribution in [0.15, 0.2) is 78.9 Å². The molecule has 2 amide bonds. The average Bonchev–Trinajstić information content (AvgIpc) is 2.76. The quantitative estimate of drug-likeness (QED) is 0.500. The molecule has 1 unspecified atom stereocenters. The maximum atomic E-state index is 12.8.